The van der Waals surface area contributed by atoms with E-state index in [1.54, 1.807) is 0 Å². The number of halogens is 1. The van der Waals surface area contributed by atoms with Gasteiger partial charge in [0, 0.05) is 37.1 Å². The fourth-order valence-corrected chi connectivity index (χ4v) is 4.39. The van der Waals surface area contributed by atoms with E-state index in [9.17, 15) is 4.79 Å². The van der Waals surface area contributed by atoms with E-state index in [2.05, 4.69) is 4.90 Å². The molecule has 1 saturated heterocycles. The summed E-state index contributed by atoms with van der Waals surface area (Å²) in [4.78, 5) is 21.7. The first-order valence-electron chi connectivity index (χ1n) is 8.64. The molecule has 0 bridgehead atoms. The number of fused-ring (bicyclic) bond motifs is 1. The Morgan fingerprint density at radius 2 is 2.12 bits per heavy atom. The molecule has 0 radical (unpaired) electrons. The summed E-state index contributed by atoms with van der Waals surface area (Å²) in [6.45, 7) is 10.7. The van der Waals surface area contributed by atoms with Crippen molar-refractivity contribution in [3.63, 3.8) is 0 Å². The van der Waals surface area contributed by atoms with Crippen molar-refractivity contribution in [2.45, 2.75) is 20.8 Å². The summed E-state index contributed by atoms with van der Waals surface area (Å²) in [5, 5.41) is 1.46. The maximum Gasteiger partial charge on any atom is 0.231 e. The molecular weight excluding hydrogens is 358 g/mol. The molecule has 1 aromatic heterocycles. The number of aromatic nitrogens is 1. The average molecular weight is 382 g/mol. The second-order valence-corrected chi connectivity index (χ2v) is 8.11. The lowest BCUT2D eigenvalue weighted by molar-refractivity contribution is -0.121. The summed E-state index contributed by atoms with van der Waals surface area (Å²) in [6.07, 6.45) is 0. The Morgan fingerprint density at radius 1 is 1.40 bits per heavy atom. The highest BCUT2D eigenvalue weighted by Gasteiger charge is 2.24. The summed E-state index contributed by atoms with van der Waals surface area (Å²) in [6, 6.07) is 3.83. The number of hydrogen-bond acceptors (Lipinski definition) is 5. The number of rotatable bonds is 5. The number of anilines is 1. The number of benzene rings is 1. The minimum atomic E-state index is -0.0682. The van der Waals surface area contributed by atoms with Gasteiger partial charge in [0.1, 0.15) is 0 Å². The summed E-state index contributed by atoms with van der Waals surface area (Å²) in [7, 11) is 0. The number of aryl methyl sites for hydroxylation is 1. The zero-order valence-electron chi connectivity index (χ0n) is 14.9. The first-order valence-corrected chi connectivity index (χ1v) is 9.83. The molecule has 1 aromatic carbocycles. The molecule has 0 atom stereocenters. The van der Waals surface area contributed by atoms with Crippen molar-refractivity contribution in [1.29, 1.82) is 0 Å². The molecule has 0 spiro atoms. The molecule has 136 valence electrons. The molecule has 7 heteroatoms. The fraction of sp³-hybridized carbons (Fsp3) is 0.556. The second-order valence-electron chi connectivity index (χ2n) is 6.66. The van der Waals surface area contributed by atoms with Crippen LogP contribution in [0.3, 0.4) is 0 Å². The molecular formula is C18H24ClN3O2S. The quantitative estimate of drug-likeness (QED) is 0.794. The van der Waals surface area contributed by atoms with Gasteiger partial charge in [0.25, 0.3) is 0 Å². The van der Waals surface area contributed by atoms with E-state index in [1.807, 2.05) is 37.8 Å². The van der Waals surface area contributed by atoms with Crippen molar-refractivity contribution in [2.75, 3.05) is 44.3 Å². The molecule has 3 rings (SSSR count). The normalized spacial score (nSPS) is 15.9. The van der Waals surface area contributed by atoms with Crippen LogP contribution in [0, 0.1) is 12.8 Å². The van der Waals surface area contributed by atoms with Gasteiger partial charge in [-0.2, -0.15) is 0 Å². The summed E-state index contributed by atoms with van der Waals surface area (Å²) in [5.41, 5.74) is 1.97. The van der Waals surface area contributed by atoms with Gasteiger partial charge >= 0.3 is 0 Å². The van der Waals surface area contributed by atoms with Gasteiger partial charge < -0.3 is 4.74 Å². The smallest absolute Gasteiger partial charge is 0.231 e. The van der Waals surface area contributed by atoms with Crippen molar-refractivity contribution in [3.05, 3.63) is 22.7 Å². The van der Waals surface area contributed by atoms with Crippen LogP contribution in [0.15, 0.2) is 12.1 Å². The number of carbonyl (C=O) groups excluding carboxylic acids is 1. The van der Waals surface area contributed by atoms with Crippen molar-refractivity contribution in [1.82, 2.24) is 9.88 Å². The SMILES string of the molecule is Cc1cc(Cl)cc2sc(N(CCN3CCOCC3)C(=O)C(C)C)nc12. The maximum atomic E-state index is 12.8. The van der Waals surface area contributed by atoms with Gasteiger partial charge in [-0.15, -0.1) is 0 Å². The van der Waals surface area contributed by atoms with E-state index < -0.39 is 0 Å². The van der Waals surface area contributed by atoms with Gasteiger partial charge in [-0.05, 0) is 24.6 Å². The predicted octanol–water partition coefficient (Wildman–Crippen LogP) is 3.58. The van der Waals surface area contributed by atoms with E-state index >= 15 is 0 Å². The third-order valence-electron chi connectivity index (χ3n) is 4.37. The van der Waals surface area contributed by atoms with Crippen molar-refractivity contribution in [2.24, 2.45) is 5.92 Å². The lowest BCUT2D eigenvalue weighted by Gasteiger charge is -2.29. The molecule has 0 unspecified atom stereocenters. The molecule has 1 fully saturated rings. The van der Waals surface area contributed by atoms with Gasteiger partial charge in [0.15, 0.2) is 5.13 Å². The summed E-state index contributed by atoms with van der Waals surface area (Å²) >= 11 is 7.70. The predicted molar refractivity (Wildman–Crippen MR) is 104 cm³/mol. The minimum absolute atomic E-state index is 0.0682. The third-order valence-corrected chi connectivity index (χ3v) is 5.62. The van der Waals surface area contributed by atoms with E-state index in [0.717, 1.165) is 53.8 Å². The van der Waals surface area contributed by atoms with Crippen LogP contribution < -0.4 is 4.90 Å². The Bertz CT molecular complexity index is 756. The Morgan fingerprint density at radius 3 is 2.80 bits per heavy atom. The molecule has 2 aromatic rings. The second kappa shape index (κ2) is 7.99. The highest BCUT2D eigenvalue weighted by molar-refractivity contribution is 7.22. The minimum Gasteiger partial charge on any atom is -0.379 e. The van der Waals surface area contributed by atoms with Crippen LogP contribution in [0.4, 0.5) is 5.13 Å². The van der Waals surface area contributed by atoms with Gasteiger partial charge in [-0.3, -0.25) is 14.6 Å². The lowest BCUT2D eigenvalue weighted by atomic mass is 10.2. The Balaban J connectivity index is 1.85. The Labute approximate surface area is 157 Å². The molecule has 1 amide bonds. The molecule has 25 heavy (non-hydrogen) atoms. The highest BCUT2D eigenvalue weighted by Crippen LogP contribution is 2.33. The number of ether oxygens (including phenoxy) is 1. The first-order chi connectivity index (χ1) is 12.0. The molecule has 1 aliphatic rings. The van der Waals surface area contributed by atoms with Crippen LogP contribution in [0.2, 0.25) is 5.02 Å². The lowest BCUT2D eigenvalue weighted by Crippen LogP contribution is -2.44. The number of morpholine rings is 1. The van der Waals surface area contributed by atoms with E-state index in [0.29, 0.717) is 11.6 Å². The topological polar surface area (TPSA) is 45.7 Å². The van der Waals surface area contributed by atoms with Crippen molar-refractivity contribution in [3.8, 4) is 0 Å². The molecule has 0 saturated carbocycles. The van der Waals surface area contributed by atoms with Gasteiger partial charge in [-0.1, -0.05) is 36.8 Å². The molecule has 2 heterocycles. The van der Waals surface area contributed by atoms with Gasteiger partial charge in [0.05, 0.1) is 23.4 Å². The van der Waals surface area contributed by atoms with Crippen LogP contribution in [0.1, 0.15) is 19.4 Å². The van der Waals surface area contributed by atoms with Crippen LogP contribution >= 0.6 is 22.9 Å². The molecule has 5 nitrogen and oxygen atoms in total. The summed E-state index contributed by atoms with van der Waals surface area (Å²) in [5.74, 6) is 0.0393. The summed E-state index contributed by atoms with van der Waals surface area (Å²) < 4.78 is 6.42. The standard InChI is InChI=1S/C18H24ClN3O2S/c1-12(2)17(23)22(5-4-21-6-8-24-9-7-21)18-20-16-13(3)10-14(19)11-15(16)25-18/h10-12H,4-9H2,1-3H3. The average Bonchev–Trinajstić information content (AvgIpc) is 2.99. The van der Waals surface area contributed by atoms with E-state index in [4.69, 9.17) is 21.3 Å². The van der Waals surface area contributed by atoms with Crippen LogP contribution in [-0.2, 0) is 9.53 Å². The Hall–Kier alpha value is -1.21. The van der Waals surface area contributed by atoms with Gasteiger partial charge in [0.2, 0.25) is 5.91 Å². The maximum absolute atomic E-state index is 12.8. The molecule has 1 aliphatic heterocycles. The number of thiazole rings is 1. The Kier molecular flexibility index (Phi) is 5.94. The van der Waals surface area contributed by atoms with Gasteiger partial charge in [-0.25, -0.2) is 4.98 Å². The fourth-order valence-electron chi connectivity index (χ4n) is 2.94. The largest absolute Gasteiger partial charge is 0.379 e. The number of hydrogen-bond donors (Lipinski definition) is 0. The number of nitrogens with zero attached hydrogens (tertiary/aromatic N) is 3. The number of carbonyl (C=O) groups is 1. The number of amides is 1. The van der Waals surface area contributed by atoms with E-state index in [-0.39, 0.29) is 11.8 Å². The molecule has 0 aliphatic carbocycles. The van der Waals surface area contributed by atoms with Crippen molar-refractivity contribution >= 4 is 44.2 Å². The van der Waals surface area contributed by atoms with Crippen LogP contribution in [-0.4, -0.2) is 55.2 Å². The highest BCUT2D eigenvalue weighted by atomic mass is 35.5. The van der Waals surface area contributed by atoms with Crippen LogP contribution in [0.5, 0.6) is 0 Å². The first kappa shape index (κ1) is 18.6. The zero-order chi connectivity index (χ0) is 18.0. The monoisotopic (exact) mass is 381 g/mol. The molecule has 0 N–H and O–H groups in total. The van der Waals surface area contributed by atoms with Crippen LogP contribution in [0.25, 0.3) is 10.2 Å². The third kappa shape index (κ3) is 4.31. The van der Waals surface area contributed by atoms with E-state index in [1.165, 1.54) is 11.3 Å². The zero-order valence-corrected chi connectivity index (χ0v) is 16.5. The van der Waals surface area contributed by atoms with Crippen molar-refractivity contribution < 1.29 is 9.53 Å².